The zero-order chi connectivity index (χ0) is 27.1. The second-order valence-electron chi connectivity index (χ2n) is 9.36. The lowest BCUT2D eigenvalue weighted by Crippen LogP contribution is -2.36. The molecule has 2 aromatic heterocycles. The maximum Gasteiger partial charge on any atom is 0.317 e. The van der Waals surface area contributed by atoms with Gasteiger partial charge in [0.25, 0.3) is 11.8 Å². The van der Waals surface area contributed by atoms with Gasteiger partial charge in [0, 0.05) is 35.7 Å². The Balaban J connectivity index is 1.25. The SMILES string of the molecule is O=C1Nc2ccccc2C(c2ccccc2)=NC1Nc1nnc(-c2oc3cc(F)ccc3c2N2CCOCC2)o1. The van der Waals surface area contributed by atoms with Crippen molar-refractivity contribution in [3.63, 3.8) is 0 Å². The molecule has 0 spiro atoms. The molecule has 3 aromatic carbocycles. The van der Waals surface area contributed by atoms with E-state index < -0.39 is 12.0 Å². The summed E-state index contributed by atoms with van der Waals surface area (Å²) in [5.41, 5.74) is 4.02. The number of fused-ring (bicyclic) bond motifs is 2. The number of ether oxygens (including phenoxy) is 1. The van der Waals surface area contributed by atoms with Gasteiger partial charge in [0.2, 0.25) is 11.9 Å². The van der Waals surface area contributed by atoms with Crippen LogP contribution < -0.4 is 15.5 Å². The lowest BCUT2D eigenvalue weighted by atomic mass is 10.0. The van der Waals surface area contributed by atoms with Gasteiger partial charge in [-0.3, -0.25) is 4.79 Å². The molecule has 1 saturated heterocycles. The van der Waals surface area contributed by atoms with Gasteiger partial charge >= 0.3 is 6.01 Å². The summed E-state index contributed by atoms with van der Waals surface area (Å²) >= 11 is 0. The molecule has 40 heavy (non-hydrogen) atoms. The number of carbonyl (C=O) groups excluding carboxylic acids is 1. The van der Waals surface area contributed by atoms with Crippen LogP contribution in [0.1, 0.15) is 11.1 Å². The Kier molecular flexibility index (Phi) is 5.97. The van der Waals surface area contributed by atoms with Gasteiger partial charge in [-0.25, -0.2) is 9.38 Å². The third-order valence-electron chi connectivity index (χ3n) is 6.83. The number of hydrogen-bond acceptors (Lipinski definition) is 9. The highest BCUT2D eigenvalue weighted by Gasteiger charge is 2.30. The van der Waals surface area contributed by atoms with Gasteiger partial charge in [0.15, 0.2) is 0 Å². The number of furan rings is 1. The molecule has 1 amide bonds. The Labute approximate surface area is 227 Å². The maximum absolute atomic E-state index is 14.0. The predicted octanol–water partition coefficient (Wildman–Crippen LogP) is 4.69. The number of morpholine rings is 1. The number of amides is 1. The molecule has 200 valence electrons. The molecule has 2 aliphatic heterocycles. The van der Waals surface area contributed by atoms with Gasteiger partial charge in [-0.15, -0.1) is 5.10 Å². The molecule has 1 unspecified atom stereocenters. The van der Waals surface area contributed by atoms with E-state index in [0.717, 1.165) is 22.2 Å². The lowest BCUT2D eigenvalue weighted by Gasteiger charge is -2.28. The number of anilines is 3. The Morgan fingerprint density at radius 1 is 0.950 bits per heavy atom. The fourth-order valence-corrected chi connectivity index (χ4v) is 4.97. The van der Waals surface area contributed by atoms with Crippen LogP contribution in [0.25, 0.3) is 22.6 Å². The molecular formula is C29H23FN6O4. The minimum Gasteiger partial charge on any atom is -0.449 e. The van der Waals surface area contributed by atoms with Gasteiger partial charge in [0.1, 0.15) is 11.4 Å². The van der Waals surface area contributed by atoms with E-state index >= 15 is 0 Å². The quantitative estimate of drug-likeness (QED) is 0.331. The summed E-state index contributed by atoms with van der Waals surface area (Å²) in [4.78, 5) is 20.1. The highest BCUT2D eigenvalue weighted by molar-refractivity contribution is 6.19. The number of para-hydroxylation sites is 1. The van der Waals surface area contributed by atoms with Gasteiger partial charge in [-0.05, 0) is 18.2 Å². The number of halogens is 1. The van der Waals surface area contributed by atoms with Crippen LogP contribution in [-0.2, 0) is 9.53 Å². The number of rotatable bonds is 5. The topological polar surface area (TPSA) is 118 Å². The molecule has 10 nitrogen and oxygen atoms in total. The van der Waals surface area contributed by atoms with Gasteiger partial charge in [0.05, 0.1) is 30.3 Å². The molecule has 7 rings (SSSR count). The van der Waals surface area contributed by atoms with E-state index in [1.807, 2.05) is 54.6 Å². The second kappa shape index (κ2) is 9.93. The van der Waals surface area contributed by atoms with Crippen molar-refractivity contribution < 1.29 is 22.8 Å². The highest BCUT2D eigenvalue weighted by atomic mass is 19.1. The first-order chi connectivity index (χ1) is 19.6. The molecule has 2 aliphatic rings. The summed E-state index contributed by atoms with van der Waals surface area (Å²) in [5, 5.41) is 14.9. The van der Waals surface area contributed by atoms with Gasteiger partial charge in [-0.1, -0.05) is 53.6 Å². The average molecular weight is 539 g/mol. The van der Waals surface area contributed by atoms with E-state index in [1.165, 1.54) is 12.1 Å². The monoisotopic (exact) mass is 538 g/mol. The van der Waals surface area contributed by atoms with E-state index in [1.54, 1.807) is 6.07 Å². The Hall–Kier alpha value is -5.03. The maximum atomic E-state index is 14.0. The van der Waals surface area contributed by atoms with Crippen LogP contribution in [-0.4, -0.2) is 54.3 Å². The summed E-state index contributed by atoms with van der Waals surface area (Å²) in [5.74, 6) is -0.396. The van der Waals surface area contributed by atoms with Crippen LogP contribution in [0.3, 0.4) is 0 Å². The zero-order valence-corrected chi connectivity index (χ0v) is 21.1. The summed E-state index contributed by atoms with van der Waals surface area (Å²) < 4.78 is 31.5. The second-order valence-corrected chi connectivity index (χ2v) is 9.36. The van der Waals surface area contributed by atoms with Crippen molar-refractivity contribution in [2.75, 3.05) is 41.8 Å². The fourth-order valence-electron chi connectivity index (χ4n) is 4.97. The lowest BCUT2D eigenvalue weighted by molar-refractivity contribution is -0.116. The number of hydrogen-bond donors (Lipinski definition) is 2. The number of carbonyl (C=O) groups is 1. The van der Waals surface area contributed by atoms with E-state index in [-0.39, 0.29) is 17.8 Å². The molecule has 11 heteroatoms. The molecule has 4 heterocycles. The van der Waals surface area contributed by atoms with Crippen molar-refractivity contribution in [2.24, 2.45) is 4.99 Å². The first-order valence-corrected chi connectivity index (χ1v) is 12.8. The van der Waals surface area contributed by atoms with Crippen molar-refractivity contribution >= 4 is 40.0 Å². The Morgan fingerprint density at radius 2 is 1.75 bits per heavy atom. The molecule has 0 radical (unpaired) electrons. The summed E-state index contributed by atoms with van der Waals surface area (Å²) in [6.07, 6.45) is -1.06. The fraction of sp³-hybridized carbons (Fsp3) is 0.172. The largest absolute Gasteiger partial charge is 0.449 e. The van der Waals surface area contributed by atoms with Gasteiger partial charge < -0.3 is 29.1 Å². The molecule has 1 atom stereocenters. The van der Waals surface area contributed by atoms with Crippen molar-refractivity contribution in [3.05, 3.63) is 89.7 Å². The molecule has 0 aliphatic carbocycles. The third kappa shape index (κ3) is 4.35. The van der Waals surface area contributed by atoms with Crippen LogP contribution in [0, 0.1) is 5.82 Å². The highest BCUT2D eigenvalue weighted by Crippen LogP contribution is 2.41. The minimum atomic E-state index is -1.06. The van der Waals surface area contributed by atoms with Crippen LogP contribution in [0.2, 0.25) is 0 Å². The van der Waals surface area contributed by atoms with E-state index in [4.69, 9.17) is 18.6 Å². The van der Waals surface area contributed by atoms with Crippen molar-refractivity contribution in [2.45, 2.75) is 6.17 Å². The minimum absolute atomic E-state index is 0.0168. The third-order valence-corrected chi connectivity index (χ3v) is 6.83. The smallest absolute Gasteiger partial charge is 0.317 e. The molecule has 0 saturated carbocycles. The first kappa shape index (κ1) is 24.0. The Bertz CT molecular complexity index is 1740. The summed E-state index contributed by atoms with van der Waals surface area (Å²) in [6, 6.07) is 21.5. The number of benzodiazepines with no additional fused rings is 1. The number of aromatic nitrogens is 2. The predicted molar refractivity (Wildman–Crippen MR) is 147 cm³/mol. The first-order valence-electron chi connectivity index (χ1n) is 12.8. The summed E-state index contributed by atoms with van der Waals surface area (Å²) in [6.45, 7) is 2.34. The zero-order valence-electron chi connectivity index (χ0n) is 21.1. The average Bonchev–Trinajstić information content (AvgIpc) is 3.57. The molecule has 0 bridgehead atoms. The van der Waals surface area contributed by atoms with Crippen molar-refractivity contribution in [3.8, 4) is 11.7 Å². The molecular weight excluding hydrogens is 515 g/mol. The van der Waals surface area contributed by atoms with Crippen LogP contribution >= 0.6 is 0 Å². The van der Waals surface area contributed by atoms with Crippen molar-refractivity contribution in [1.82, 2.24) is 10.2 Å². The van der Waals surface area contributed by atoms with E-state index in [0.29, 0.717) is 49.0 Å². The molecule has 1 fully saturated rings. The van der Waals surface area contributed by atoms with E-state index in [9.17, 15) is 9.18 Å². The number of nitrogens with zero attached hydrogens (tertiary/aromatic N) is 4. The normalized spacial score (nSPS) is 17.2. The number of benzene rings is 3. The van der Waals surface area contributed by atoms with E-state index in [2.05, 4.69) is 25.7 Å². The van der Waals surface area contributed by atoms with Crippen LogP contribution in [0.15, 0.2) is 86.6 Å². The standard InChI is InChI=1S/C29H23FN6O4/c30-18-10-11-20-22(16-18)39-25(24(20)36-12-14-38-15-13-36)28-34-35-29(40-28)33-26-27(37)31-21-9-5-4-8-19(21)23(32-26)17-6-2-1-3-7-17/h1-11,16,26H,12-15H2,(H,31,37)(H,33,35). The number of aliphatic imine (C=N–C) groups is 1. The van der Waals surface area contributed by atoms with Crippen LogP contribution in [0.5, 0.6) is 0 Å². The summed E-state index contributed by atoms with van der Waals surface area (Å²) in [7, 11) is 0. The number of nitrogens with one attached hydrogen (secondary N) is 2. The van der Waals surface area contributed by atoms with Gasteiger partial charge in [-0.2, -0.15) is 0 Å². The molecule has 2 N–H and O–H groups in total. The molecule has 5 aromatic rings. The Morgan fingerprint density at radius 3 is 2.60 bits per heavy atom. The van der Waals surface area contributed by atoms with Crippen LogP contribution in [0.4, 0.5) is 21.8 Å². The van der Waals surface area contributed by atoms with Crippen molar-refractivity contribution in [1.29, 1.82) is 0 Å².